The van der Waals surface area contributed by atoms with Gasteiger partial charge in [0.1, 0.15) is 18.2 Å². The van der Waals surface area contributed by atoms with Gasteiger partial charge in [-0.2, -0.15) is 26.3 Å². The van der Waals surface area contributed by atoms with E-state index in [1.54, 1.807) is 22.9 Å². The number of hydrogen-bond donors (Lipinski definition) is 3. The topological polar surface area (TPSA) is 135 Å². The summed E-state index contributed by atoms with van der Waals surface area (Å²) in [5.74, 6) is -0.227. The lowest BCUT2D eigenvalue weighted by Crippen LogP contribution is -2.31. The van der Waals surface area contributed by atoms with Gasteiger partial charge in [-0.15, -0.1) is 0 Å². The largest absolute Gasteiger partial charge is 0.416 e. The van der Waals surface area contributed by atoms with Crippen molar-refractivity contribution < 1.29 is 35.7 Å². The predicted octanol–water partition coefficient (Wildman–Crippen LogP) is 2.36. The van der Waals surface area contributed by atoms with E-state index in [0.29, 0.717) is 5.56 Å². The molecular formula is C23H24F3N5O5S. The third-order valence-corrected chi connectivity index (χ3v) is 6.90. The lowest BCUT2D eigenvalue weighted by molar-refractivity contribution is -0.137. The van der Waals surface area contributed by atoms with E-state index in [4.69, 9.17) is 4.18 Å². The van der Waals surface area contributed by atoms with Gasteiger partial charge < -0.3 is 15.0 Å². The Morgan fingerprint density at radius 1 is 1.27 bits per heavy atom. The number of carbonyl (C=O) groups excluding carboxylic acids is 1. The number of aromatic nitrogens is 3. The molecule has 2 heterocycles. The Hall–Kier alpha value is -3.33. The smallest absolute Gasteiger partial charge is 0.390 e. The fourth-order valence-electron chi connectivity index (χ4n) is 4.10. The Labute approximate surface area is 210 Å². The van der Waals surface area contributed by atoms with E-state index in [9.17, 15) is 31.5 Å². The molecule has 0 unspecified atom stereocenters. The minimum Gasteiger partial charge on any atom is -0.390 e. The zero-order chi connectivity index (χ0) is 26.8. The first-order valence-corrected chi connectivity index (χ1v) is 12.6. The standard InChI is InChI=1S/C23H24F3N5O5S/c1-27-37(34,35)36-20-9-17(8-19(20)32)30-22-18(10-28-13-29-22)21(33)15-5-6-31(12-15)11-14-3-2-4-16(7-14)23(24,25)26/h2-7,10,12-13,17,19-20,27,32H,8-9,11H2,1H3,(H,28,29,30)/t17-,19+,20-/m1/s1. The molecule has 3 atom stereocenters. The number of halogens is 3. The quantitative estimate of drug-likeness (QED) is 0.353. The number of anilines is 1. The Morgan fingerprint density at radius 3 is 2.78 bits per heavy atom. The Kier molecular flexibility index (Phi) is 7.64. The second-order valence-corrected chi connectivity index (χ2v) is 10.1. The summed E-state index contributed by atoms with van der Waals surface area (Å²) in [6, 6.07) is 6.06. The van der Waals surface area contributed by atoms with E-state index in [-0.39, 0.29) is 36.3 Å². The highest BCUT2D eigenvalue weighted by Gasteiger charge is 2.37. The third kappa shape index (κ3) is 6.52. The van der Waals surface area contributed by atoms with Crippen LogP contribution in [0.2, 0.25) is 0 Å². The molecule has 3 N–H and O–H groups in total. The molecule has 1 aliphatic carbocycles. The SMILES string of the molecule is CNS(=O)(=O)O[C@@H]1C[C@H](Nc2ncncc2C(=O)c2ccn(Cc3cccc(C(F)(F)F)c3)c2)C[C@@H]1O. The first-order chi connectivity index (χ1) is 17.4. The van der Waals surface area contributed by atoms with Crippen LogP contribution in [0.1, 0.15) is 39.9 Å². The normalized spacial score (nSPS) is 20.2. The number of benzene rings is 1. The number of ketones is 1. The van der Waals surface area contributed by atoms with Gasteiger partial charge in [-0.1, -0.05) is 12.1 Å². The lowest BCUT2D eigenvalue weighted by atomic mass is 10.1. The number of hydrogen-bond acceptors (Lipinski definition) is 8. The Balaban J connectivity index is 1.46. The fraction of sp³-hybridized carbons (Fsp3) is 0.348. The first kappa shape index (κ1) is 26.7. The molecule has 0 bridgehead atoms. The summed E-state index contributed by atoms with van der Waals surface area (Å²) in [6.45, 7) is 0.129. The summed E-state index contributed by atoms with van der Waals surface area (Å²) in [5.41, 5.74) is 0.0872. The summed E-state index contributed by atoms with van der Waals surface area (Å²) in [4.78, 5) is 21.2. The lowest BCUT2D eigenvalue weighted by Gasteiger charge is -2.15. The van der Waals surface area contributed by atoms with Gasteiger partial charge in [0.2, 0.25) is 0 Å². The highest BCUT2D eigenvalue weighted by atomic mass is 32.2. The van der Waals surface area contributed by atoms with Crippen LogP contribution in [0.25, 0.3) is 0 Å². The highest BCUT2D eigenvalue weighted by Crippen LogP contribution is 2.30. The molecule has 1 saturated carbocycles. The zero-order valence-electron chi connectivity index (χ0n) is 19.5. The molecule has 1 aliphatic rings. The van der Waals surface area contributed by atoms with Crippen LogP contribution in [0.5, 0.6) is 0 Å². The summed E-state index contributed by atoms with van der Waals surface area (Å²) < 4.78 is 70.9. The van der Waals surface area contributed by atoms with E-state index in [0.717, 1.165) is 12.1 Å². The van der Waals surface area contributed by atoms with Crippen LogP contribution in [0.4, 0.5) is 19.0 Å². The van der Waals surface area contributed by atoms with E-state index in [1.807, 2.05) is 4.72 Å². The van der Waals surface area contributed by atoms with Crippen molar-refractivity contribution in [2.45, 2.75) is 43.8 Å². The van der Waals surface area contributed by atoms with Gasteiger partial charge >= 0.3 is 16.5 Å². The number of aliphatic hydroxyl groups is 1. The second kappa shape index (κ2) is 10.6. The van der Waals surface area contributed by atoms with Gasteiger partial charge in [0.25, 0.3) is 0 Å². The molecule has 10 nitrogen and oxygen atoms in total. The summed E-state index contributed by atoms with van der Waals surface area (Å²) in [7, 11) is -2.80. The Morgan fingerprint density at radius 2 is 2.05 bits per heavy atom. The minimum absolute atomic E-state index is 0.129. The molecule has 4 rings (SSSR count). The van der Waals surface area contributed by atoms with Crippen LogP contribution in [-0.4, -0.2) is 59.1 Å². The molecule has 1 aromatic carbocycles. The number of nitrogens with zero attached hydrogens (tertiary/aromatic N) is 3. The van der Waals surface area contributed by atoms with Crippen molar-refractivity contribution in [2.24, 2.45) is 0 Å². The molecule has 37 heavy (non-hydrogen) atoms. The van der Waals surface area contributed by atoms with E-state index in [1.165, 1.54) is 31.8 Å². The molecule has 0 aliphatic heterocycles. The number of aliphatic hydroxyl groups excluding tert-OH is 1. The fourth-order valence-corrected chi connectivity index (χ4v) is 4.73. The molecular weight excluding hydrogens is 515 g/mol. The monoisotopic (exact) mass is 539 g/mol. The maximum atomic E-state index is 13.2. The number of alkyl halides is 3. The van der Waals surface area contributed by atoms with Crippen molar-refractivity contribution in [3.05, 3.63) is 77.5 Å². The van der Waals surface area contributed by atoms with Crippen LogP contribution < -0.4 is 10.0 Å². The zero-order valence-corrected chi connectivity index (χ0v) is 20.3. The first-order valence-electron chi connectivity index (χ1n) is 11.2. The van der Waals surface area contributed by atoms with Crippen LogP contribution in [0, 0.1) is 0 Å². The number of nitrogens with one attached hydrogen (secondary N) is 2. The van der Waals surface area contributed by atoms with Crippen molar-refractivity contribution in [1.29, 1.82) is 0 Å². The number of carbonyl (C=O) groups is 1. The van der Waals surface area contributed by atoms with Crippen LogP contribution in [-0.2, 0) is 27.2 Å². The summed E-state index contributed by atoms with van der Waals surface area (Å²) >= 11 is 0. The van der Waals surface area contributed by atoms with Gasteiger partial charge in [0.05, 0.1) is 17.2 Å². The maximum absolute atomic E-state index is 13.2. The van der Waals surface area contributed by atoms with Gasteiger partial charge in [0, 0.05) is 43.8 Å². The van der Waals surface area contributed by atoms with Crippen molar-refractivity contribution >= 4 is 21.9 Å². The highest BCUT2D eigenvalue weighted by molar-refractivity contribution is 7.84. The molecule has 2 aromatic heterocycles. The van der Waals surface area contributed by atoms with Crippen LogP contribution in [0.15, 0.2) is 55.2 Å². The number of rotatable bonds is 9. The third-order valence-electron chi connectivity index (χ3n) is 5.90. The van der Waals surface area contributed by atoms with Crippen molar-refractivity contribution in [3.63, 3.8) is 0 Å². The molecule has 0 radical (unpaired) electrons. The molecule has 198 valence electrons. The molecule has 14 heteroatoms. The average molecular weight is 540 g/mol. The average Bonchev–Trinajstić information content (AvgIpc) is 3.44. The molecule has 3 aromatic rings. The molecule has 0 spiro atoms. The molecule has 1 fully saturated rings. The predicted molar refractivity (Wildman–Crippen MR) is 126 cm³/mol. The van der Waals surface area contributed by atoms with Gasteiger partial charge in [-0.05, 0) is 36.6 Å². The summed E-state index contributed by atoms with van der Waals surface area (Å²) in [6.07, 6.45) is -0.496. The van der Waals surface area contributed by atoms with E-state index in [2.05, 4.69) is 15.3 Å². The molecule has 0 saturated heterocycles. The van der Waals surface area contributed by atoms with Crippen molar-refractivity contribution in [1.82, 2.24) is 19.3 Å². The van der Waals surface area contributed by atoms with Gasteiger partial charge in [-0.25, -0.2) is 9.97 Å². The van der Waals surface area contributed by atoms with Crippen molar-refractivity contribution in [3.8, 4) is 0 Å². The Bertz CT molecular complexity index is 1380. The van der Waals surface area contributed by atoms with Gasteiger partial charge in [-0.3, -0.25) is 8.98 Å². The maximum Gasteiger partial charge on any atom is 0.416 e. The van der Waals surface area contributed by atoms with Crippen LogP contribution >= 0.6 is 0 Å². The van der Waals surface area contributed by atoms with E-state index < -0.39 is 46.1 Å². The second-order valence-electron chi connectivity index (χ2n) is 8.56. The van der Waals surface area contributed by atoms with Crippen LogP contribution in [0.3, 0.4) is 0 Å². The van der Waals surface area contributed by atoms with E-state index >= 15 is 0 Å². The molecule has 0 amide bonds. The van der Waals surface area contributed by atoms with Crippen molar-refractivity contribution in [2.75, 3.05) is 12.4 Å². The summed E-state index contributed by atoms with van der Waals surface area (Å²) in [5, 5.41) is 13.3. The minimum atomic E-state index is -4.45. The van der Waals surface area contributed by atoms with Gasteiger partial charge in [0.15, 0.2) is 5.78 Å².